The van der Waals surface area contributed by atoms with Crippen LogP contribution in [-0.2, 0) is 0 Å². The van der Waals surface area contributed by atoms with Crippen molar-refractivity contribution in [1.29, 1.82) is 0 Å². The predicted octanol–water partition coefficient (Wildman–Crippen LogP) is 4.57. The summed E-state index contributed by atoms with van der Waals surface area (Å²) < 4.78 is 2.12. The first-order valence-corrected chi connectivity index (χ1v) is 8.69. The Morgan fingerprint density at radius 1 is 1.25 bits per heavy atom. The minimum Gasteiger partial charge on any atom is -0.318 e. The highest BCUT2D eigenvalue weighted by Gasteiger charge is 2.09. The Hall–Kier alpha value is -2.37. The average Bonchev–Trinajstić information content (AvgIpc) is 3.18. The Kier molecular flexibility index (Phi) is 4.83. The van der Waals surface area contributed by atoms with Crippen LogP contribution in [0.4, 0.5) is 0 Å². The second-order valence-corrected chi connectivity index (χ2v) is 6.57. The van der Waals surface area contributed by atoms with Crippen LogP contribution in [0.15, 0.2) is 52.3 Å². The van der Waals surface area contributed by atoms with Gasteiger partial charge < -0.3 is 4.57 Å². The van der Waals surface area contributed by atoms with Crippen LogP contribution in [0.5, 0.6) is 0 Å². The quantitative estimate of drug-likeness (QED) is 0.539. The molecule has 2 aromatic heterocycles. The molecule has 0 aliphatic heterocycles. The van der Waals surface area contributed by atoms with Crippen molar-refractivity contribution in [2.75, 3.05) is 0 Å². The summed E-state index contributed by atoms with van der Waals surface area (Å²) in [5.41, 5.74) is 7.28. The fourth-order valence-corrected chi connectivity index (χ4v) is 3.29. The normalized spacial score (nSPS) is 11.1. The molecule has 0 aliphatic carbocycles. The number of hydrazone groups is 1. The molecule has 0 radical (unpaired) electrons. The highest BCUT2D eigenvalue weighted by molar-refractivity contribution is 7.08. The van der Waals surface area contributed by atoms with Gasteiger partial charge in [-0.3, -0.25) is 4.79 Å². The van der Waals surface area contributed by atoms with Gasteiger partial charge in [0.05, 0.1) is 11.8 Å². The molecule has 0 saturated carbocycles. The molecule has 0 bridgehead atoms. The van der Waals surface area contributed by atoms with E-state index in [1.807, 2.05) is 49.6 Å². The zero-order valence-electron chi connectivity index (χ0n) is 13.3. The van der Waals surface area contributed by atoms with E-state index < -0.39 is 0 Å². The summed E-state index contributed by atoms with van der Waals surface area (Å²) >= 11 is 7.43. The Balaban J connectivity index is 1.80. The number of nitrogens with one attached hydrogen (secondary N) is 1. The molecular formula is C18H16ClN3OS. The second kappa shape index (κ2) is 7.03. The fraction of sp³-hybridized carbons (Fsp3) is 0.111. The predicted molar refractivity (Wildman–Crippen MR) is 99.6 cm³/mol. The zero-order chi connectivity index (χ0) is 17.1. The monoisotopic (exact) mass is 357 g/mol. The number of hydrogen-bond acceptors (Lipinski definition) is 3. The highest BCUT2D eigenvalue weighted by atomic mass is 35.5. The maximum Gasteiger partial charge on any atom is 0.272 e. The van der Waals surface area contributed by atoms with Crippen molar-refractivity contribution in [3.8, 4) is 5.69 Å². The molecule has 0 aliphatic rings. The standard InChI is InChI=1S/C18H16ClN3OS/c1-12-9-15(10-20-21-18(23)14-7-8-24-11-14)13(2)22(12)17-5-3-16(19)4-6-17/h3-11H,1-2H3,(H,21,23)/b20-10-. The summed E-state index contributed by atoms with van der Waals surface area (Å²) in [6, 6.07) is 11.5. The van der Waals surface area contributed by atoms with Crippen LogP contribution in [0.3, 0.4) is 0 Å². The summed E-state index contributed by atoms with van der Waals surface area (Å²) in [6.07, 6.45) is 1.67. The summed E-state index contributed by atoms with van der Waals surface area (Å²) in [7, 11) is 0. The van der Waals surface area contributed by atoms with Gasteiger partial charge in [-0.2, -0.15) is 16.4 Å². The van der Waals surface area contributed by atoms with Gasteiger partial charge in [0.1, 0.15) is 0 Å². The lowest BCUT2D eigenvalue weighted by atomic mass is 10.2. The number of thiophene rings is 1. The first kappa shape index (κ1) is 16.5. The Labute approximate surface area is 149 Å². The van der Waals surface area contributed by atoms with E-state index in [1.165, 1.54) is 11.3 Å². The van der Waals surface area contributed by atoms with E-state index in [0.29, 0.717) is 10.6 Å². The number of aryl methyl sites for hydroxylation is 1. The van der Waals surface area contributed by atoms with Gasteiger partial charge >= 0.3 is 0 Å². The Morgan fingerprint density at radius 2 is 2.00 bits per heavy atom. The molecule has 3 aromatic rings. The number of aromatic nitrogens is 1. The highest BCUT2D eigenvalue weighted by Crippen LogP contribution is 2.21. The smallest absolute Gasteiger partial charge is 0.272 e. The molecule has 3 rings (SSSR count). The summed E-state index contributed by atoms with van der Waals surface area (Å²) in [6.45, 7) is 4.05. The van der Waals surface area contributed by atoms with Gasteiger partial charge in [0.25, 0.3) is 5.91 Å². The molecule has 2 heterocycles. The minimum atomic E-state index is -0.209. The largest absolute Gasteiger partial charge is 0.318 e. The van der Waals surface area contributed by atoms with Crippen molar-refractivity contribution in [3.05, 3.63) is 74.7 Å². The van der Waals surface area contributed by atoms with Crippen molar-refractivity contribution in [2.45, 2.75) is 13.8 Å². The summed E-state index contributed by atoms with van der Waals surface area (Å²) in [5.74, 6) is -0.209. The van der Waals surface area contributed by atoms with Crippen molar-refractivity contribution in [2.24, 2.45) is 5.10 Å². The van der Waals surface area contributed by atoms with E-state index in [4.69, 9.17) is 11.6 Å². The van der Waals surface area contributed by atoms with E-state index in [2.05, 4.69) is 15.1 Å². The number of nitrogens with zero attached hydrogens (tertiary/aromatic N) is 2. The molecule has 24 heavy (non-hydrogen) atoms. The summed E-state index contributed by atoms with van der Waals surface area (Å²) in [4.78, 5) is 11.9. The maximum absolute atomic E-state index is 11.9. The molecule has 6 heteroatoms. The third-order valence-electron chi connectivity index (χ3n) is 3.71. The number of carbonyl (C=O) groups excluding carboxylic acids is 1. The lowest BCUT2D eigenvalue weighted by Crippen LogP contribution is -2.16. The van der Waals surface area contributed by atoms with Gasteiger partial charge in [-0.15, -0.1) is 0 Å². The number of halogens is 1. The maximum atomic E-state index is 11.9. The molecule has 0 fully saturated rings. The van der Waals surface area contributed by atoms with Crippen LogP contribution in [0.1, 0.15) is 27.3 Å². The van der Waals surface area contributed by atoms with E-state index >= 15 is 0 Å². The molecule has 1 amide bonds. The molecule has 1 N–H and O–H groups in total. The van der Waals surface area contributed by atoms with Crippen molar-refractivity contribution >= 4 is 35.1 Å². The average molecular weight is 358 g/mol. The number of amides is 1. The van der Waals surface area contributed by atoms with E-state index in [9.17, 15) is 4.79 Å². The van der Waals surface area contributed by atoms with Crippen molar-refractivity contribution in [1.82, 2.24) is 9.99 Å². The first-order chi connectivity index (χ1) is 11.6. The topological polar surface area (TPSA) is 46.4 Å². The Morgan fingerprint density at radius 3 is 2.67 bits per heavy atom. The SMILES string of the molecule is Cc1cc(/C=N\NC(=O)c2ccsc2)c(C)n1-c1ccc(Cl)cc1. The van der Waals surface area contributed by atoms with Gasteiger partial charge in [0.2, 0.25) is 0 Å². The third kappa shape index (κ3) is 3.42. The van der Waals surface area contributed by atoms with Crippen LogP contribution in [0, 0.1) is 13.8 Å². The molecule has 0 saturated heterocycles. The first-order valence-electron chi connectivity index (χ1n) is 7.37. The molecule has 0 atom stereocenters. The van der Waals surface area contributed by atoms with Gasteiger partial charge in [0.15, 0.2) is 0 Å². The van der Waals surface area contributed by atoms with E-state index in [-0.39, 0.29) is 5.91 Å². The van der Waals surface area contributed by atoms with Crippen LogP contribution in [0.2, 0.25) is 5.02 Å². The summed E-state index contributed by atoms with van der Waals surface area (Å²) in [5, 5.41) is 8.42. The second-order valence-electron chi connectivity index (χ2n) is 5.35. The number of carbonyl (C=O) groups is 1. The third-order valence-corrected chi connectivity index (χ3v) is 4.64. The van der Waals surface area contributed by atoms with Gasteiger partial charge in [-0.25, -0.2) is 5.43 Å². The lowest BCUT2D eigenvalue weighted by Gasteiger charge is -2.09. The number of rotatable bonds is 4. The van der Waals surface area contributed by atoms with Gasteiger partial charge in [-0.1, -0.05) is 11.6 Å². The van der Waals surface area contributed by atoms with Crippen LogP contribution >= 0.6 is 22.9 Å². The van der Waals surface area contributed by atoms with Crippen LogP contribution in [-0.4, -0.2) is 16.7 Å². The van der Waals surface area contributed by atoms with E-state index in [0.717, 1.165) is 22.6 Å². The Bertz CT molecular complexity index is 880. The molecule has 4 nitrogen and oxygen atoms in total. The minimum absolute atomic E-state index is 0.209. The van der Waals surface area contributed by atoms with Crippen LogP contribution in [0.25, 0.3) is 5.69 Å². The van der Waals surface area contributed by atoms with Gasteiger partial charge in [-0.05, 0) is 55.6 Å². The molecule has 0 spiro atoms. The number of benzene rings is 1. The molecule has 122 valence electrons. The zero-order valence-corrected chi connectivity index (χ0v) is 14.9. The molecule has 1 aromatic carbocycles. The van der Waals surface area contributed by atoms with Crippen molar-refractivity contribution in [3.63, 3.8) is 0 Å². The fourth-order valence-electron chi connectivity index (χ4n) is 2.52. The number of hydrogen-bond donors (Lipinski definition) is 1. The molecule has 0 unspecified atom stereocenters. The molecular weight excluding hydrogens is 342 g/mol. The lowest BCUT2D eigenvalue weighted by molar-refractivity contribution is 0.0955. The van der Waals surface area contributed by atoms with Crippen molar-refractivity contribution < 1.29 is 4.79 Å². The van der Waals surface area contributed by atoms with Crippen LogP contribution < -0.4 is 5.43 Å². The van der Waals surface area contributed by atoms with Gasteiger partial charge in [0, 0.05) is 33.0 Å². The van der Waals surface area contributed by atoms with E-state index in [1.54, 1.807) is 17.7 Å².